The summed E-state index contributed by atoms with van der Waals surface area (Å²) in [6.45, 7) is 0.191. The minimum atomic E-state index is -0.381. The third kappa shape index (κ3) is 2.59. The Kier molecular flexibility index (Phi) is 4.25. The zero-order valence-corrected chi connectivity index (χ0v) is 11.6. The fraction of sp³-hybridized carbons (Fsp3) is 0.235. The van der Waals surface area contributed by atoms with Gasteiger partial charge >= 0.3 is 0 Å². The average molecular weight is 264 g/mol. The Morgan fingerprint density at radius 1 is 1.25 bits per heavy atom. The molecule has 1 unspecified atom stereocenters. The lowest BCUT2D eigenvalue weighted by Crippen LogP contribution is -2.19. The minimum absolute atomic E-state index is 0.191. The van der Waals surface area contributed by atoms with Crippen molar-refractivity contribution in [2.45, 2.75) is 6.04 Å². The fourth-order valence-corrected chi connectivity index (χ4v) is 2.24. The zero-order chi connectivity index (χ0) is 14.5. The minimum Gasteiger partial charge on any atom is -0.481 e. The molecule has 1 atom stereocenters. The standard InChI is InChI=1S/C17H16N2O/c1-4-11-20-16-10-9-13-7-5-6-8-14(13)17(16)15(12-18)19(2)3/h1,5-10,15H,11H2,2-3H3. The summed E-state index contributed by atoms with van der Waals surface area (Å²) < 4.78 is 5.61. The first-order valence-corrected chi connectivity index (χ1v) is 6.33. The van der Waals surface area contributed by atoms with Gasteiger partial charge in [0.2, 0.25) is 0 Å². The summed E-state index contributed by atoms with van der Waals surface area (Å²) in [5, 5.41) is 11.6. The van der Waals surface area contributed by atoms with Gasteiger partial charge in [-0.1, -0.05) is 36.3 Å². The quantitative estimate of drug-likeness (QED) is 0.796. The number of rotatable bonds is 4. The first-order chi connectivity index (χ1) is 9.69. The van der Waals surface area contributed by atoms with Crippen LogP contribution in [0.15, 0.2) is 36.4 Å². The van der Waals surface area contributed by atoms with E-state index in [1.807, 2.05) is 55.4 Å². The highest BCUT2D eigenvalue weighted by atomic mass is 16.5. The van der Waals surface area contributed by atoms with E-state index >= 15 is 0 Å². The van der Waals surface area contributed by atoms with E-state index in [9.17, 15) is 5.26 Å². The van der Waals surface area contributed by atoms with Crippen LogP contribution in [0.5, 0.6) is 5.75 Å². The number of hydrogen-bond acceptors (Lipinski definition) is 3. The Morgan fingerprint density at radius 2 is 2.00 bits per heavy atom. The molecule has 0 spiro atoms. The maximum atomic E-state index is 9.47. The number of terminal acetylenes is 1. The molecule has 2 aromatic rings. The fourth-order valence-electron chi connectivity index (χ4n) is 2.24. The Bertz CT molecular complexity index is 692. The molecule has 3 heteroatoms. The molecule has 100 valence electrons. The van der Waals surface area contributed by atoms with E-state index in [1.165, 1.54) is 0 Å². The number of nitriles is 1. The molecule has 0 aromatic heterocycles. The van der Waals surface area contributed by atoms with Gasteiger partial charge in [-0.25, -0.2) is 0 Å². The van der Waals surface area contributed by atoms with Crippen LogP contribution in [0.25, 0.3) is 10.8 Å². The molecule has 0 N–H and O–H groups in total. The van der Waals surface area contributed by atoms with Crippen molar-refractivity contribution in [1.29, 1.82) is 5.26 Å². The molecule has 0 amide bonds. The van der Waals surface area contributed by atoms with Gasteiger partial charge in [0.1, 0.15) is 18.4 Å². The Labute approximate surface area is 119 Å². The van der Waals surface area contributed by atoms with Gasteiger partial charge in [-0.2, -0.15) is 5.26 Å². The molecule has 0 heterocycles. The largest absolute Gasteiger partial charge is 0.481 e. The van der Waals surface area contributed by atoms with Crippen LogP contribution in [0, 0.1) is 23.7 Å². The monoisotopic (exact) mass is 264 g/mol. The van der Waals surface area contributed by atoms with Crippen molar-refractivity contribution in [3.8, 4) is 24.2 Å². The molecule has 0 radical (unpaired) electrons. The van der Waals surface area contributed by atoms with Gasteiger partial charge in [0.05, 0.1) is 6.07 Å². The molecule has 0 saturated carbocycles. The SMILES string of the molecule is C#CCOc1ccc2ccccc2c1C(C#N)N(C)C. The highest BCUT2D eigenvalue weighted by Gasteiger charge is 2.21. The van der Waals surface area contributed by atoms with E-state index in [0.717, 1.165) is 16.3 Å². The molecule has 0 saturated heterocycles. The van der Waals surface area contributed by atoms with Gasteiger partial charge in [0.25, 0.3) is 0 Å². The Balaban J connectivity index is 2.68. The first-order valence-electron chi connectivity index (χ1n) is 6.33. The maximum Gasteiger partial charge on any atom is 0.148 e. The van der Waals surface area contributed by atoms with Crippen molar-refractivity contribution in [3.05, 3.63) is 42.0 Å². The molecule has 3 nitrogen and oxygen atoms in total. The van der Waals surface area contributed by atoms with Crippen LogP contribution in [0.4, 0.5) is 0 Å². The lowest BCUT2D eigenvalue weighted by atomic mass is 9.97. The van der Waals surface area contributed by atoms with Crippen LogP contribution >= 0.6 is 0 Å². The molecular formula is C17H16N2O. The summed E-state index contributed by atoms with van der Waals surface area (Å²) in [4.78, 5) is 1.87. The highest BCUT2D eigenvalue weighted by molar-refractivity contribution is 5.88. The van der Waals surface area contributed by atoms with Gasteiger partial charge in [-0.3, -0.25) is 4.90 Å². The van der Waals surface area contributed by atoms with Crippen LogP contribution in [0.2, 0.25) is 0 Å². The number of benzene rings is 2. The van der Waals surface area contributed by atoms with Crippen molar-refractivity contribution < 1.29 is 4.74 Å². The molecule has 0 bridgehead atoms. The predicted molar refractivity (Wildman–Crippen MR) is 80.3 cm³/mol. The maximum absolute atomic E-state index is 9.47. The van der Waals surface area contributed by atoms with Crippen molar-refractivity contribution >= 4 is 10.8 Å². The molecule has 0 aliphatic rings. The van der Waals surface area contributed by atoms with Crippen molar-refractivity contribution in [2.75, 3.05) is 20.7 Å². The third-order valence-electron chi connectivity index (χ3n) is 3.15. The Morgan fingerprint density at radius 3 is 2.65 bits per heavy atom. The van der Waals surface area contributed by atoms with E-state index in [1.54, 1.807) is 0 Å². The van der Waals surface area contributed by atoms with E-state index in [-0.39, 0.29) is 12.6 Å². The zero-order valence-electron chi connectivity index (χ0n) is 11.6. The van der Waals surface area contributed by atoms with E-state index < -0.39 is 0 Å². The number of ether oxygens (including phenoxy) is 1. The average Bonchev–Trinajstić information content (AvgIpc) is 2.46. The van der Waals surface area contributed by atoms with Gasteiger partial charge in [-0.05, 0) is 30.9 Å². The van der Waals surface area contributed by atoms with Crippen molar-refractivity contribution in [1.82, 2.24) is 4.90 Å². The lowest BCUT2D eigenvalue weighted by Gasteiger charge is -2.22. The molecule has 2 rings (SSSR count). The molecule has 0 aliphatic heterocycles. The third-order valence-corrected chi connectivity index (χ3v) is 3.15. The number of nitrogens with zero attached hydrogens (tertiary/aromatic N) is 2. The first kappa shape index (κ1) is 13.9. The lowest BCUT2D eigenvalue weighted by molar-refractivity contribution is 0.329. The van der Waals surface area contributed by atoms with Crippen LogP contribution < -0.4 is 4.74 Å². The second kappa shape index (κ2) is 6.10. The smallest absolute Gasteiger partial charge is 0.148 e. The van der Waals surface area contributed by atoms with Crippen molar-refractivity contribution in [2.24, 2.45) is 0 Å². The topological polar surface area (TPSA) is 36.3 Å². The summed E-state index contributed by atoms with van der Waals surface area (Å²) in [5.74, 6) is 3.13. The van der Waals surface area contributed by atoms with Crippen LogP contribution in [0.1, 0.15) is 11.6 Å². The molecule has 0 aliphatic carbocycles. The second-order valence-corrected chi connectivity index (χ2v) is 4.69. The summed E-state index contributed by atoms with van der Waals surface area (Å²) in [5.41, 5.74) is 0.867. The van der Waals surface area contributed by atoms with E-state index in [0.29, 0.717) is 5.75 Å². The summed E-state index contributed by atoms with van der Waals surface area (Å²) in [6.07, 6.45) is 5.26. The summed E-state index contributed by atoms with van der Waals surface area (Å²) in [6, 6.07) is 13.8. The van der Waals surface area contributed by atoms with Gasteiger partial charge in [0.15, 0.2) is 0 Å². The second-order valence-electron chi connectivity index (χ2n) is 4.69. The summed E-state index contributed by atoms with van der Waals surface area (Å²) in [7, 11) is 3.75. The van der Waals surface area contributed by atoms with Gasteiger partial charge < -0.3 is 4.74 Å². The summed E-state index contributed by atoms with van der Waals surface area (Å²) >= 11 is 0. The van der Waals surface area contributed by atoms with Crippen molar-refractivity contribution in [3.63, 3.8) is 0 Å². The molecule has 20 heavy (non-hydrogen) atoms. The van der Waals surface area contributed by atoms with Crippen LogP contribution in [-0.4, -0.2) is 25.6 Å². The van der Waals surface area contributed by atoms with Gasteiger partial charge in [-0.15, -0.1) is 6.42 Å². The molecule has 0 fully saturated rings. The normalized spacial score (nSPS) is 11.8. The number of hydrogen-bond donors (Lipinski definition) is 0. The van der Waals surface area contributed by atoms with Gasteiger partial charge in [0, 0.05) is 5.56 Å². The highest BCUT2D eigenvalue weighted by Crippen LogP contribution is 2.35. The van der Waals surface area contributed by atoms with Crippen LogP contribution in [0.3, 0.4) is 0 Å². The van der Waals surface area contributed by atoms with E-state index in [4.69, 9.17) is 11.2 Å². The van der Waals surface area contributed by atoms with E-state index in [2.05, 4.69) is 12.0 Å². The van der Waals surface area contributed by atoms with Crippen LogP contribution in [-0.2, 0) is 0 Å². The predicted octanol–water partition coefficient (Wildman–Crippen LogP) is 2.98. The number of fused-ring (bicyclic) bond motifs is 1. The molecular weight excluding hydrogens is 248 g/mol. The Hall–Kier alpha value is -2.49. The molecule has 2 aromatic carbocycles.